The zero-order valence-corrected chi connectivity index (χ0v) is 16.1. The molecule has 0 radical (unpaired) electrons. The molecule has 0 bridgehead atoms. The number of hydrogen-bond donors (Lipinski definition) is 3. The van der Waals surface area contributed by atoms with Crippen molar-refractivity contribution in [2.45, 2.75) is 17.6 Å². The van der Waals surface area contributed by atoms with Crippen LogP contribution in [-0.2, 0) is 31.1 Å². The Hall–Kier alpha value is -2.98. The number of carbonyl (C=O) groups excluding carboxylic acids is 1. The molecule has 0 aliphatic heterocycles. The van der Waals surface area contributed by atoms with Gasteiger partial charge in [-0.1, -0.05) is 12.1 Å². The minimum absolute atomic E-state index is 0.102. The summed E-state index contributed by atoms with van der Waals surface area (Å²) in [6, 6.07) is 12.7. The van der Waals surface area contributed by atoms with Gasteiger partial charge in [0.05, 0.1) is 5.56 Å². The number of aryl methyl sites for hydroxylation is 1. The molecule has 6 nitrogen and oxygen atoms in total. The third-order valence-corrected chi connectivity index (χ3v) is 5.11. The maximum Gasteiger partial charge on any atom is 0.416 e. The van der Waals surface area contributed by atoms with Gasteiger partial charge in [-0.05, 0) is 29.8 Å². The van der Waals surface area contributed by atoms with Crippen molar-refractivity contribution in [3.8, 4) is 0 Å². The quantitative estimate of drug-likeness (QED) is 0.527. The van der Waals surface area contributed by atoms with E-state index in [4.69, 9.17) is 0 Å². The summed E-state index contributed by atoms with van der Waals surface area (Å²) in [4.78, 5) is 12.8. The van der Waals surface area contributed by atoms with Crippen LogP contribution >= 0.6 is 0 Å². The molecule has 3 rings (SSSR count). The highest BCUT2D eigenvalue weighted by Gasteiger charge is 2.29. The summed E-state index contributed by atoms with van der Waals surface area (Å²) in [5.74, 6) is 0.156. The molecule has 29 heavy (non-hydrogen) atoms. The highest BCUT2D eigenvalue weighted by molar-refractivity contribution is 7.92. The molecule has 0 spiro atoms. The second-order valence-corrected chi connectivity index (χ2v) is 7.41. The number of anilines is 1. The van der Waals surface area contributed by atoms with Gasteiger partial charge in [0.25, 0.3) is 5.91 Å². The van der Waals surface area contributed by atoms with Crippen molar-refractivity contribution in [1.82, 2.24) is 15.1 Å². The summed E-state index contributed by atoms with van der Waals surface area (Å²) in [5.41, 5.74) is 0.191. The first-order valence-electron chi connectivity index (χ1n) is 8.46. The summed E-state index contributed by atoms with van der Waals surface area (Å²) in [6.45, 7) is 0.102. The third kappa shape index (κ3) is 5.52. The molecular formula is C19H18F3N4O2S+. The van der Waals surface area contributed by atoms with E-state index in [0.717, 1.165) is 12.1 Å². The van der Waals surface area contributed by atoms with Crippen molar-refractivity contribution < 1.29 is 22.5 Å². The van der Waals surface area contributed by atoms with Crippen LogP contribution in [0.1, 0.15) is 21.5 Å². The van der Waals surface area contributed by atoms with Crippen molar-refractivity contribution in [2.24, 2.45) is 7.05 Å². The summed E-state index contributed by atoms with van der Waals surface area (Å²) in [5, 5.41) is 6.78. The Kier molecular flexibility index (Phi) is 6.14. The van der Waals surface area contributed by atoms with E-state index < -0.39 is 23.1 Å². The van der Waals surface area contributed by atoms with Crippen molar-refractivity contribution in [3.63, 3.8) is 0 Å². The van der Waals surface area contributed by atoms with Gasteiger partial charge in [0.15, 0.2) is 5.82 Å². The zero-order valence-electron chi connectivity index (χ0n) is 15.3. The van der Waals surface area contributed by atoms with Crippen LogP contribution in [-0.4, -0.2) is 20.2 Å². The molecule has 2 aromatic carbocycles. The Morgan fingerprint density at radius 2 is 1.76 bits per heavy atom. The first kappa shape index (κ1) is 20.7. The van der Waals surface area contributed by atoms with E-state index in [2.05, 4.69) is 15.1 Å². The number of halogens is 3. The Morgan fingerprint density at radius 1 is 1.10 bits per heavy atom. The van der Waals surface area contributed by atoms with E-state index in [1.165, 1.54) is 12.1 Å². The molecular weight excluding hydrogens is 405 g/mol. The van der Waals surface area contributed by atoms with Crippen molar-refractivity contribution in [3.05, 3.63) is 77.5 Å². The number of nitrogens with one attached hydrogen (secondary N) is 2. The largest absolute Gasteiger partial charge is 0.416 e. The van der Waals surface area contributed by atoms with Gasteiger partial charge in [-0.3, -0.25) is 9.48 Å². The van der Waals surface area contributed by atoms with Crippen LogP contribution in [0.2, 0.25) is 0 Å². The molecule has 1 heterocycles. The third-order valence-electron chi connectivity index (χ3n) is 3.99. The molecule has 1 amide bonds. The molecule has 1 aromatic heterocycles. The summed E-state index contributed by atoms with van der Waals surface area (Å²) in [6.07, 6.45) is -2.65. The predicted molar refractivity (Wildman–Crippen MR) is 104 cm³/mol. The first-order chi connectivity index (χ1) is 13.7. The molecule has 0 saturated carbocycles. The average Bonchev–Trinajstić information content (AvgIpc) is 3.10. The fraction of sp³-hybridized carbons (Fsp3) is 0.158. The lowest BCUT2D eigenvalue weighted by atomic mass is 10.1. The van der Waals surface area contributed by atoms with Gasteiger partial charge in [-0.15, -0.1) is 0 Å². The van der Waals surface area contributed by atoms with E-state index in [1.807, 2.05) is 0 Å². The van der Waals surface area contributed by atoms with Gasteiger partial charge in [0, 0.05) is 43.6 Å². The minimum Gasteiger partial charge on any atom is -0.348 e. The number of hydrogen-bond acceptors (Lipinski definition) is 4. The fourth-order valence-corrected chi connectivity index (χ4v) is 3.28. The van der Waals surface area contributed by atoms with Gasteiger partial charge in [0.1, 0.15) is 0 Å². The summed E-state index contributed by atoms with van der Waals surface area (Å²) < 4.78 is 52.4. The predicted octanol–water partition coefficient (Wildman–Crippen LogP) is 3.85. The molecule has 3 aromatic rings. The summed E-state index contributed by atoms with van der Waals surface area (Å²) >= 11 is -1.29. The van der Waals surface area contributed by atoms with E-state index in [9.17, 15) is 22.5 Å². The van der Waals surface area contributed by atoms with Crippen LogP contribution in [0, 0.1) is 0 Å². The van der Waals surface area contributed by atoms with Gasteiger partial charge >= 0.3 is 17.5 Å². The minimum atomic E-state index is -4.39. The molecule has 3 N–H and O–H groups in total. The lowest BCUT2D eigenvalue weighted by molar-refractivity contribution is -0.137. The number of benzene rings is 2. The SMILES string of the molecule is Cn1ccc(N[S+](O)c2ccc(C(=O)NCc3ccc(C(F)(F)F)cc3)cc2)n1. The van der Waals surface area contributed by atoms with E-state index >= 15 is 0 Å². The molecule has 0 aliphatic carbocycles. The molecule has 0 fully saturated rings. The molecule has 0 aliphatic rings. The molecule has 152 valence electrons. The van der Waals surface area contributed by atoms with Gasteiger partial charge in [0.2, 0.25) is 4.90 Å². The first-order valence-corrected chi connectivity index (χ1v) is 9.64. The Labute approximate surface area is 168 Å². The number of nitrogens with zero attached hydrogens (tertiary/aromatic N) is 2. The van der Waals surface area contributed by atoms with Crippen LogP contribution in [0.15, 0.2) is 65.7 Å². The highest BCUT2D eigenvalue weighted by Crippen LogP contribution is 2.29. The molecule has 0 saturated heterocycles. The van der Waals surface area contributed by atoms with Crippen molar-refractivity contribution in [2.75, 3.05) is 4.72 Å². The van der Waals surface area contributed by atoms with E-state index in [1.54, 1.807) is 48.3 Å². The number of alkyl halides is 3. The smallest absolute Gasteiger partial charge is 0.348 e. The van der Waals surface area contributed by atoms with Gasteiger partial charge in [-0.2, -0.15) is 27.5 Å². The van der Waals surface area contributed by atoms with Crippen LogP contribution in [0.25, 0.3) is 0 Å². The number of rotatable bonds is 6. The topological polar surface area (TPSA) is 79.2 Å². The highest BCUT2D eigenvalue weighted by atomic mass is 32.2. The maximum atomic E-state index is 12.6. The Balaban J connectivity index is 1.56. The number of amides is 1. The lowest BCUT2D eigenvalue weighted by Gasteiger charge is -2.09. The second-order valence-electron chi connectivity index (χ2n) is 6.16. The van der Waals surface area contributed by atoms with Crippen molar-refractivity contribution >= 4 is 23.1 Å². The normalized spacial score (nSPS) is 12.4. The van der Waals surface area contributed by atoms with Gasteiger partial charge < -0.3 is 5.32 Å². The van der Waals surface area contributed by atoms with Gasteiger partial charge in [-0.25, -0.2) is 0 Å². The fourth-order valence-electron chi connectivity index (χ4n) is 2.46. The van der Waals surface area contributed by atoms with E-state index in [-0.39, 0.29) is 12.5 Å². The maximum absolute atomic E-state index is 12.6. The summed E-state index contributed by atoms with van der Waals surface area (Å²) in [7, 11) is 1.76. The Bertz CT molecular complexity index is 972. The lowest BCUT2D eigenvalue weighted by Crippen LogP contribution is -2.23. The van der Waals surface area contributed by atoms with E-state index in [0.29, 0.717) is 21.8 Å². The standard InChI is InChI=1S/C19H17F3N4O2S/c1-26-11-10-17(24-26)25-29(28)16-8-4-14(5-9-16)18(27)23-12-13-2-6-15(7-3-13)19(20,21)22/h2-11,28H,12H2,1H3,(H-,23,24,25,27)/p+1. The number of aromatic nitrogens is 2. The second kappa shape index (κ2) is 8.58. The molecule has 10 heteroatoms. The molecule has 1 unspecified atom stereocenters. The van der Waals surface area contributed by atoms with Crippen molar-refractivity contribution in [1.29, 1.82) is 0 Å². The van der Waals surface area contributed by atoms with Crippen LogP contribution in [0.3, 0.4) is 0 Å². The van der Waals surface area contributed by atoms with Crippen LogP contribution in [0.5, 0.6) is 0 Å². The van der Waals surface area contributed by atoms with Crippen LogP contribution in [0.4, 0.5) is 19.0 Å². The average molecular weight is 423 g/mol. The zero-order chi connectivity index (χ0) is 21.0. The molecule has 1 atom stereocenters. The Morgan fingerprint density at radius 3 is 2.31 bits per heavy atom. The number of carbonyl (C=O) groups is 1. The monoisotopic (exact) mass is 423 g/mol. The van der Waals surface area contributed by atoms with Crippen LogP contribution < -0.4 is 10.0 Å².